The van der Waals surface area contributed by atoms with E-state index < -0.39 is 17.1 Å². The molecule has 0 amide bonds. The first kappa shape index (κ1) is 9.61. The normalized spacial score (nSPS) is 35.6. The molecule has 2 atom stereocenters. The molecule has 2 N–H and O–H groups in total. The van der Waals surface area contributed by atoms with Crippen LogP contribution in [0.15, 0.2) is 24.3 Å². The van der Waals surface area contributed by atoms with Crippen LogP contribution in [0.4, 0.5) is 13.2 Å². The fraction of sp³-hybridized carbons (Fsp3) is 0.429. The molecule has 0 aromatic carbocycles. The average Bonchev–Trinajstić information content (AvgIpc) is 1.93. The van der Waals surface area contributed by atoms with Gasteiger partial charge in [0.15, 0.2) is 5.54 Å². The van der Waals surface area contributed by atoms with E-state index in [4.69, 9.17) is 17.3 Å². The Morgan fingerprint density at radius 2 is 1.92 bits per heavy atom. The van der Waals surface area contributed by atoms with Crippen molar-refractivity contribution in [2.24, 2.45) is 5.73 Å². The second-order valence-electron chi connectivity index (χ2n) is 2.58. The predicted octanol–water partition coefficient (Wildman–Crippen LogP) is 1.98. The smallest absolute Gasteiger partial charge is 0.313 e. The molecule has 68 valence electrons. The van der Waals surface area contributed by atoms with Gasteiger partial charge in [0, 0.05) is 0 Å². The first-order valence-corrected chi connectivity index (χ1v) is 3.67. The van der Waals surface area contributed by atoms with Crippen LogP contribution >= 0.6 is 11.6 Å². The Balaban J connectivity index is 2.99. The predicted molar refractivity (Wildman–Crippen MR) is 40.9 cm³/mol. The van der Waals surface area contributed by atoms with E-state index in [2.05, 4.69) is 0 Å². The van der Waals surface area contributed by atoms with Crippen molar-refractivity contribution in [2.75, 3.05) is 0 Å². The SMILES string of the molecule is NC1(C(F)(F)F)C=CC=CC1Cl. The molecule has 1 aliphatic rings. The van der Waals surface area contributed by atoms with E-state index in [0.717, 1.165) is 6.08 Å². The highest BCUT2D eigenvalue weighted by molar-refractivity contribution is 6.23. The van der Waals surface area contributed by atoms with Crippen LogP contribution in [0.25, 0.3) is 0 Å². The van der Waals surface area contributed by atoms with Gasteiger partial charge in [-0.05, 0) is 0 Å². The Morgan fingerprint density at radius 1 is 1.33 bits per heavy atom. The topological polar surface area (TPSA) is 26.0 Å². The first-order valence-electron chi connectivity index (χ1n) is 3.23. The van der Waals surface area contributed by atoms with Crippen molar-refractivity contribution in [2.45, 2.75) is 17.1 Å². The number of allylic oxidation sites excluding steroid dienone is 2. The maximum atomic E-state index is 12.3. The molecule has 1 aliphatic carbocycles. The van der Waals surface area contributed by atoms with Crippen LogP contribution in [0.5, 0.6) is 0 Å². The summed E-state index contributed by atoms with van der Waals surface area (Å²) in [7, 11) is 0. The number of alkyl halides is 4. The third-order valence-corrected chi connectivity index (χ3v) is 2.22. The van der Waals surface area contributed by atoms with Gasteiger partial charge in [0.2, 0.25) is 0 Å². The van der Waals surface area contributed by atoms with Gasteiger partial charge >= 0.3 is 6.18 Å². The molecule has 0 spiro atoms. The van der Waals surface area contributed by atoms with Crippen LogP contribution in [-0.2, 0) is 0 Å². The van der Waals surface area contributed by atoms with Gasteiger partial charge in [-0.3, -0.25) is 0 Å². The summed E-state index contributed by atoms with van der Waals surface area (Å²) in [5.41, 5.74) is 2.66. The lowest BCUT2D eigenvalue weighted by Crippen LogP contribution is -2.58. The lowest BCUT2D eigenvalue weighted by atomic mass is 9.91. The molecule has 0 aromatic rings. The summed E-state index contributed by atoms with van der Waals surface area (Å²) in [6.45, 7) is 0. The zero-order chi connectivity index (χ0) is 9.41. The van der Waals surface area contributed by atoms with Crippen LogP contribution < -0.4 is 5.73 Å². The van der Waals surface area contributed by atoms with Gasteiger partial charge in [-0.2, -0.15) is 13.2 Å². The van der Waals surface area contributed by atoms with Crippen molar-refractivity contribution in [3.8, 4) is 0 Å². The minimum atomic E-state index is -4.51. The number of halogens is 4. The standard InChI is InChI=1S/C7H7ClF3N/c8-5-3-1-2-4-6(5,12)7(9,10)11/h1-5H,12H2. The Kier molecular flexibility index (Phi) is 2.23. The summed E-state index contributed by atoms with van der Waals surface area (Å²) < 4.78 is 36.8. The van der Waals surface area contributed by atoms with E-state index in [9.17, 15) is 13.2 Å². The van der Waals surface area contributed by atoms with Gasteiger partial charge in [0.05, 0.1) is 5.38 Å². The molecule has 2 unspecified atom stereocenters. The molecule has 5 heteroatoms. The molecule has 0 saturated heterocycles. The molecule has 0 saturated carbocycles. The van der Waals surface area contributed by atoms with Crippen LogP contribution in [0.2, 0.25) is 0 Å². The Hall–Kier alpha value is -0.480. The molecule has 0 aromatic heterocycles. The molecular weight excluding hydrogens is 191 g/mol. The molecule has 1 nitrogen and oxygen atoms in total. The van der Waals surface area contributed by atoms with Crippen LogP contribution in [0.3, 0.4) is 0 Å². The monoisotopic (exact) mass is 197 g/mol. The summed E-state index contributed by atoms with van der Waals surface area (Å²) in [6.07, 6.45) is 0.251. The van der Waals surface area contributed by atoms with E-state index in [1.165, 1.54) is 18.2 Å². The molecular formula is C7H7ClF3N. The lowest BCUT2D eigenvalue weighted by molar-refractivity contribution is -0.169. The van der Waals surface area contributed by atoms with Crippen LogP contribution in [-0.4, -0.2) is 17.1 Å². The minimum Gasteiger partial charge on any atom is -0.313 e. The minimum absolute atomic E-state index is 0.866. The highest BCUT2D eigenvalue weighted by Gasteiger charge is 2.54. The molecule has 1 rings (SSSR count). The zero-order valence-electron chi connectivity index (χ0n) is 5.98. The van der Waals surface area contributed by atoms with Crippen molar-refractivity contribution < 1.29 is 13.2 Å². The van der Waals surface area contributed by atoms with Gasteiger partial charge in [-0.25, -0.2) is 0 Å². The van der Waals surface area contributed by atoms with Gasteiger partial charge in [0.1, 0.15) is 0 Å². The van der Waals surface area contributed by atoms with Crippen molar-refractivity contribution in [3.05, 3.63) is 24.3 Å². The lowest BCUT2D eigenvalue weighted by Gasteiger charge is -2.32. The van der Waals surface area contributed by atoms with Gasteiger partial charge in [-0.15, -0.1) is 11.6 Å². The largest absolute Gasteiger partial charge is 0.411 e. The van der Waals surface area contributed by atoms with E-state index in [1.54, 1.807) is 0 Å². The second kappa shape index (κ2) is 2.78. The summed E-state index contributed by atoms with van der Waals surface area (Å²) in [6, 6.07) is 0. The van der Waals surface area contributed by atoms with Gasteiger partial charge < -0.3 is 5.73 Å². The zero-order valence-corrected chi connectivity index (χ0v) is 6.73. The Labute approximate surface area is 72.7 Å². The van der Waals surface area contributed by atoms with E-state index in [-0.39, 0.29) is 0 Å². The van der Waals surface area contributed by atoms with E-state index in [1.807, 2.05) is 0 Å². The highest BCUT2D eigenvalue weighted by Crippen LogP contribution is 2.36. The van der Waals surface area contributed by atoms with Crippen molar-refractivity contribution in [3.63, 3.8) is 0 Å². The fourth-order valence-electron chi connectivity index (χ4n) is 0.878. The maximum Gasteiger partial charge on any atom is 0.411 e. The third kappa shape index (κ3) is 1.36. The molecule has 12 heavy (non-hydrogen) atoms. The first-order chi connectivity index (χ1) is 5.38. The summed E-state index contributed by atoms with van der Waals surface area (Å²) in [5.74, 6) is 0. The number of rotatable bonds is 0. The van der Waals surface area contributed by atoms with Gasteiger partial charge in [-0.1, -0.05) is 24.3 Å². The van der Waals surface area contributed by atoms with Crippen LogP contribution in [0.1, 0.15) is 0 Å². The Morgan fingerprint density at radius 3 is 2.25 bits per heavy atom. The maximum absolute atomic E-state index is 12.3. The van der Waals surface area contributed by atoms with Crippen LogP contribution in [0, 0.1) is 0 Å². The number of hydrogen-bond acceptors (Lipinski definition) is 1. The van der Waals surface area contributed by atoms with Crippen molar-refractivity contribution in [1.29, 1.82) is 0 Å². The molecule has 0 aliphatic heterocycles. The fourth-order valence-corrected chi connectivity index (χ4v) is 1.16. The quantitative estimate of drug-likeness (QED) is 0.591. The molecule has 0 radical (unpaired) electrons. The van der Waals surface area contributed by atoms with E-state index >= 15 is 0 Å². The molecule has 0 heterocycles. The Bertz CT molecular complexity index is 233. The summed E-state index contributed by atoms with van der Waals surface area (Å²) in [5, 5.41) is -1.23. The van der Waals surface area contributed by atoms with E-state index in [0.29, 0.717) is 0 Å². The highest BCUT2D eigenvalue weighted by atomic mass is 35.5. The average molecular weight is 198 g/mol. The number of nitrogens with two attached hydrogens (primary N) is 1. The summed E-state index contributed by atoms with van der Waals surface area (Å²) >= 11 is 5.43. The third-order valence-electron chi connectivity index (χ3n) is 1.71. The molecule has 0 bridgehead atoms. The number of hydrogen-bond donors (Lipinski definition) is 1. The van der Waals surface area contributed by atoms with Gasteiger partial charge in [0.25, 0.3) is 0 Å². The van der Waals surface area contributed by atoms with Crippen molar-refractivity contribution in [1.82, 2.24) is 0 Å². The summed E-state index contributed by atoms with van der Waals surface area (Å²) in [4.78, 5) is 0. The van der Waals surface area contributed by atoms with Crippen molar-refractivity contribution >= 4 is 11.6 Å². The second-order valence-corrected chi connectivity index (χ2v) is 3.05. The molecule has 0 fully saturated rings.